The first-order valence-corrected chi connectivity index (χ1v) is 5.16. The summed E-state index contributed by atoms with van der Waals surface area (Å²) in [5.74, 6) is 0.843. The summed E-state index contributed by atoms with van der Waals surface area (Å²) in [7, 11) is 1.81. The van der Waals surface area contributed by atoms with Crippen molar-refractivity contribution in [1.82, 2.24) is 5.32 Å². The Morgan fingerprint density at radius 2 is 2.13 bits per heavy atom. The van der Waals surface area contributed by atoms with Gasteiger partial charge in [0.25, 0.3) is 0 Å². The molecule has 0 radical (unpaired) electrons. The van der Waals surface area contributed by atoms with Crippen molar-refractivity contribution in [3.8, 4) is 5.75 Å². The summed E-state index contributed by atoms with van der Waals surface area (Å²) in [6.07, 6.45) is -0.462. The molecule has 0 bridgehead atoms. The third-order valence-electron chi connectivity index (χ3n) is 2.20. The standard InChI is InChI=1S/C12H19NO2/c1-9-4-5-12(10(2)6-9)15-8-11(14)7-13-3/h4-6,11,13-14H,7-8H2,1-3H3. The molecule has 1 rings (SSSR count). The van der Waals surface area contributed by atoms with Gasteiger partial charge in [-0.15, -0.1) is 0 Å². The maximum atomic E-state index is 9.47. The summed E-state index contributed by atoms with van der Waals surface area (Å²) < 4.78 is 5.52. The molecule has 84 valence electrons. The molecule has 0 amide bonds. The van der Waals surface area contributed by atoms with Crippen molar-refractivity contribution in [2.75, 3.05) is 20.2 Å². The Labute approximate surface area is 91.1 Å². The smallest absolute Gasteiger partial charge is 0.122 e. The van der Waals surface area contributed by atoms with E-state index in [2.05, 4.69) is 11.4 Å². The Balaban J connectivity index is 2.50. The number of ether oxygens (including phenoxy) is 1. The summed E-state index contributed by atoms with van der Waals surface area (Å²) >= 11 is 0. The van der Waals surface area contributed by atoms with Crippen molar-refractivity contribution >= 4 is 0 Å². The van der Waals surface area contributed by atoms with Crippen LogP contribution in [0.2, 0.25) is 0 Å². The van der Waals surface area contributed by atoms with E-state index < -0.39 is 6.10 Å². The fourth-order valence-corrected chi connectivity index (χ4v) is 1.44. The van der Waals surface area contributed by atoms with Crippen LogP contribution in [0.25, 0.3) is 0 Å². The second-order valence-electron chi connectivity index (χ2n) is 3.79. The van der Waals surface area contributed by atoms with Gasteiger partial charge in [0.15, 0.2) is 0 Å². The molecule has 0 fully saturated rings. The minimum Gasteiger partial charge on any atom is -0.491 e. The second kappa shape index (κ2) is 5.73. The van der Waals surface area contributed by atoms with Gasteiger partial charge in [0, 0.05) is 6.54 Å². The Kier molecular flexibility index (Phi) is 4.59. The SMILES string of the molecule is CNCC(O)COc1ccc(C)cc1C. The highest BCUT2D eigenvalue weighted by Gasteiger charge is 2.05. The molecule has 1 unspecified atom stereocenters. The maximum Gasteiger partial charge on any atom is 0.122 e. The quantitative estimate of drug-likeness (QED) is 0.767. The number of aliphatic hydroxyl groups is 1. The molecular weight excluding hydrogens is 190 g/mol. The van der Waals surface area contributed by atoms with Crippen molar-refractivity contribution in [2.24, 2.45) is 0 Å². The van der Waals surface area contributed by atoms with Crippen LogP contribution in [0.3, 0.4) is 0 Å². The van der Waals surface area contributed by atoms with Crippen molar-refractivity contribution in [3.05, 3.63) is 29.3 Å². The van der Waals surface area contributed by atoms with Crippen LogP contribution in [0, 0.1) is 13.8 Å². The molecule has 0 heterocycles. The van der Waals surface area contributed by atoms with E-state index in [1.54, 1.807) is 7.05 Å². The number of likely N-dealkylation sites (N-methyl/N-ethyl adjacent to an activating group) is 1. The lowest BCUT2D eigenvalue weighted by atomic mass is 10.1. The van der Waals surface area contributed by atoms with Crippen LogP contribution in [0.1, 0.15) is 11.1 Å². The average Bonchev–Trinajstić information content (AvgIpc) is 2.17. The minimum atomic E-state index is -0.462. The van der Waals surface area contributed by atoms with E-state index in [1.807, 2.05) is 26.0 Å². The third kappa shape index (κ3) is 3.90. The molecule has 1 atom stereocenters. The first-order chi connectivity index (χ1) is 7.13. The molecule has 15 heavy (non-hydrogen) atoms. The van der Waals surface area contributed by atoms with Gasteiger partial charge in [-0.05, 0) is 32.5 Å². The lowest BCUT2D eigenvalue weighted by Gasteiger charge is -2.13. The van der Waals surface area contributed by atoms with Gasteiger partial charge in [-0.3, -0.25) is 0 Å². The van der Waals surface area contributed by atoms with E-state index in [0.29, 0.717) is 13.2 Å². The van der Waals surface area contributed by atoms with Gasteiger partial charge < -0.3 is 15.2 Å². The zero-order valence-electron chi connectivity index (χ0n) is 9.58. The molecular formula is C12H19NO2. The van der Waals surface area contributed by atoms with Crippen LogP contribution < -0.4 is 10.1 Å². The monoisotopic (exact) mass is 209 g/mol. The molecule has 0 saturated carbocycles. The summed E-state index contributed by atoms with van der Waals surface area (Å²) in [6, 6.07) is 6.02. The summed E-state index contributed by atoms with van der Waals surface area (Å²) in [5.41, 5.74) is 2.32. The number of rotatable bonds is 5. The molecule has 3 heteroatoms. The zero-order valence-corrected chi connectivity index (χ0v) is 9.58. The highest BCUT2D eigenvalue weighted by molar-refractivity contribution is 5.35. The average molecular weight is 209 g/mol. The third-order valence-corrected chi connectivity index (χ3v) is 2.20. The maximum absolute atomic E-state index is 9.47. The number of aryl methyl sites for hydroxylation is 2. The van der Waals surface area contributed by atoms with E-state index in [0.717, 1.165) is 11.3 Å². The van der Waals surface area contributed by atoms with E-state index >= 15 is 0 Å². The number of benzene rings is 1. The molecule has 1 aromatic carbocycles. The highest BCUT2D eigenvalue weighted by atomic mass is 16.5. The number of aliphatic hydroxyl groups excluding tert-OH is 1. The van der Waals surface area contributed by atoms with Crippen molar-refractivity contribution in [2.45, 2.75) is 20.0 Å². The fourth-order valence-electron chi connectivity index (χ4n) is 1.44. The van der Waals surface area contributed by atoms with Crippen LogP contribution in [-0.4, -0.2) is 31.4 Å². The number of nitrogens with one attached hydrogen (secondary N) is 1. The second-order valence-corrected chi connectivity index (χ2v) is 3.79. The van der Waals surface area contributed by atoms with Crippen LogP contribution in [0.5, 0.6) is 5.75 Å². The predicted molar refractivity (Wildman–Crippen MR) is 61.3 cm³/mol. The fraction of sp³-hybridized carbons (Fsp3) is 0.500. The molecule has 0 aliphatic heterocycles. The van der Waals surface area contributed by atoms with Crippen LogP contribution in [0.4, 0.5) is 0 Å². The van der Waals surface area contributed by atoms with Crippen molar-refractivity contribution in [3.63, 3.8) is 0 Å². The highest BCUT2D eigenvalue weighted by Crippen LogP contribution is 2.18. The van der Waals surface area contributed by atoms with E-state index in [-0.39, 0.29) is 0 Å². The van der Waals surface area contributed by atoms with Crippen molar-refractivity contribution in [1.29, 1.82) is 0 Å². The molecule has 0 spiro atoms. The van der Waals surface area contributed by atoms with Crippen LogP contribution in [-0.2, 0) is 0 Å². The van der Waals surface area contributed by atoms with E-state index in [1.165, 1.54) is 5.56 Å². The molecule has 3 nitrogen and oxygen atoms in total. The van der Waals surface area contributed by atoms with E-state index in [4.69, 9.17) is 4.74 Å². The lowest BCUT2D eigenvalue weighted by molar-refractivity contribution is 0.108. The summed E-state index contributed by atoms with van der Waals surface area (Å²) in [6.45, 7) is 4.93. The molecule has 2 N–H and O–H groups in total. The first-order valence-electron chi connectivity index (χ1n) is 5.16. The molecule has 0 aliphatic carbocycles. The lowest BCUT2D eigenvalue weighted by Crippen LogP contribution is -2.29. The normalized spacial score (nSPS) is 12.5. The Bertz CT molecular complexity index is 312. The molecule has 0 aromatic heterocycles. The first kappa shape index (κ1) is 12.0. The largest absolute Gasteiger partial charge is 0.491 e. The predicted octanol–water partition coefficient (Wildman–Crippen LogP) is 1.26. The zero-order chi connectivity index (χ0) is 11.3. The summed E-state index contributed by atoms with van der Waals surface area (Å²) in [5, 5.41) is 12.4. The summed E-state index contributed by atoms with van der Waals surface area (Å²) in [4.78, 5) is 0. The van der Waals surface area contributed by atoms with Gasteiger partial charge in [0.05, 0.1) is 0 Å². The van der Waals surface area contributed by atoms with Crippen molar-refractivity contribution < 1.29 is 9.84 Å². The van der Waals surface area contributed by atoms with Gasteiger partial charge in [-0.2, -0.15) is 0 Å². The van der Waals surface area contributed by atoms with Gasteiger partial charge in [0.2, 0.25) is 0 Å². The topological polar surface area (TPSA) is 41.5 Å². The molecule has 0 aliphatic rings. The van der Waals surface area contributed by atoms with Gasteiger partial charge in [-0.1, -0.05) is 17.7 Å². The van der Waals surface area contributed by atoms with Gasteiger partial charge in [-0.25, -0.2) is 0 Å². The molecule has 1 aromatic rings. The Morgan fingerprint density at radius 3 is 2.73 bits per heavy atom. The Morgan fingerprint density at radius 1 is 1.40 bits per heavy atom. The van der Waals surface area contributed by atoms with Gasteiger partial charge >= 0.3 is 0 Å². The number of hydrogen-bond donors (Lipinski definition) is 2. The minimum absolute atomic E-state index is 0.324. The van der Waals surface area contributed by atoms with E-state index in [9.17, 15) is 5.11 Å². The van der Waals surface area contributed by atoms with Crippen LogP contribution >= 0.6 is 0 Å². The van der Waals surface area contributed by atoms with Crippen LogP contribution in [0.15, 0.2) is 18.2 Å². The number of hydrogen-bond acceptors (Lipinski definition) is 3. The molecule has 0 saturated heterocycles. The van der Waals surface area contributed by atoms with Gasteiger partial charge in [0.1, 0.15) is 18.5 Å². The Hall–Kier alpha value is -1.06.